The molecule has 0 fully saturated rings. The van der Waals surface area contributed by atoms with Crippen LogP contribution in [0.25, 0.3) is 11.3 Å². The molecule has 5 nitrogen and oxygen atoms in total. The highest BCUT2D eigenvalue weighted by Crippen LogP contribution is 2.33. The fourth-order valence-corrected chi connectivity index (χ4v) is 4.33. The number of benzene rings is 3. The molecule has 0 saturated heterocycles. The summed E-state index contributed by atoms with van der Waals surface area (Å²) in [6, 6.07) is 25.9. The van der Waals surface area contributed by atoms with Gasteiger partial charge in [0.25, 0.3) is 5.91 Å². The van der Waals surface area contributed by atoms with Crippen molar-refractivity contribution in [3.63, 3.8) is 0 Å². The molecule has 33 heavy (non-hydrogen) atoms. The fourth-order valence-electron chi connectivity index (χ4n) is 3.60. The van der Waals surface area contributed by atoms with E-state index in [-0.39, 0.29) is 17.9 Å². The zero-order valence-electron chi connectivity index (χ0n) is 18.9. The molecule has 168 valence electrons. The summed E-state index contributed by atoms with van der Waals surface area (Å²) < 4.78 is 11.1. The van der Waals surface area contributed by atoms with Crippen LogP contribution in [0.5, 0.6) is 11.5 Å². The molecule has 3 aromatic carbocycles. The minimum atomic E-state index is -0.260. The summed E-state index contributed by atoms with van der Waals surface area (Å²) in [5, 5.41) is 5.21. The van der Waals surface area contributed by atoms with E-state index in [1.165, 1.54) is 22.5 Å². The first-order chi connectivity index (χ1) is 16.0. The lowest BCUT2D eigenvalue weighted by Gasteiger charge is -2.26. The Bertz CT molecular complexity index is 1220. The molecule has 1 aromatic heterocycles. The maximum Gasteiger partial charge on any atom is 0.264 e. The van der Waals surface area contributed by atoms with E-state index in [1.54, 1.807) is 7.11 Å². The van der Waals surface area contributed by atoms with Gasteiger partial charge in [0.05, 0.1) is 12.8 Å². The van der Waals surface area contributed by atoms with Gasteiger partial charge < -0.3 is 9.47 Å². The van der Waals surface area contributed by atoms with Gasteiger partial charge in [0.15, 0.2) is 11.7 Å². The molecular formula is C27H26N2O3S. The van der Waals surface area contributed by atoms with Crippen LogP contribution in [0.1, 0.15) is 25.0 Å². The van der Waals surface area contributed by atoms with Crippen molar-refractivity contribution in [1.82, 2.24) is 4.98 Å². The van der Waals surface area contributed by atoms with Crippen LogP contribution >= 0.6 is 11.3 Å². The number of amides is 1. The molecule has 0 aliphatic heterocycles. The van der Waals surface area contributed by atoms with Gasteiger partial charge in [0, 0.05) is 16.4 Å². The lowest BCUT2D eigenvalue weighted by molar-refractivity contribution is -0.118. The van der Waals surface area contributed by atoms with Crippen LogP contribution in [0.3, 0.4) is 0 Å². The highest BCUT2D eigenvalue weighted by Gasteiger charge is 2.22. The molecule has 1 amide bonds. The largest absolute Gasteiger partial charge is 0.496 e. The molecule has 0 unspecified atom stereocenters. The van der Waals surface area contributed by atoms with Gasteiger partial charge in [-0.15, -0.1) is 11.3 Å². The predicted octanol–water partition coefficient (Wildman–Crippen LogP) is 6.16. The Kier molecular flexibility index (Phi) is 6.75. The highest BCUT2D eigenvalue weighted by atomic mass is 32.1. The van der Waals surface area contributed by atoms with Crippen molar-refractivity contribution in [2.75, 3.05) is 19.0 Å². The highest BCUT2D eigenvalue weighted by molar-refractivity contribution is 7.14. The van der Waals surface area contributed by atoms with Crippen LogP contribution in [0.4, 0.5) is 5.13 Å². The number of nitrogens with zero attached hydrogens (tertiary/aromatic N) is 1. The standard InChI is InChI=1S/C27H26N2O3S/c1-27(2,19-9-5-4-6-10-19)20-13-15-21(16-14-20)32-17-25(30)29-26-28-23(18-33-26)22-11-7-8-12-24(22)31-3/h4-16,18H,17H2,1-3H3,(H,28,29,30). The van der Waals surface area contributed by atoms with Crippen molar-refractivity contribution in [2.24, 2.45) is 0 Å². The first-order valence-corrected chi connectivity index (χ1v) is 11.5. The average molecular weight is 459 g/mol. The van der Waals surface area contributed by atoms with Gasteiger partial charge in [0.2, 0.25) is 0 Å². The molecule has 0 atom stereocenters. The van der Waals surface area contributed by atoms with Crippen molar-refractivity contribution in [3.05, 3.63) is 95.4 Å². The van der Waals surface area contributed by atoms with E-state index in [0.717, 1.165) is 17.0 Å². The molecule has 0 saturated carbocycles. The number of methoxy groups -OCH3 is 1. The lowest BCUT2D eigenvalue weighted by Crippen LogP contribution is -2.20. The number of aromatic nitrogens is 1. The molecular weight excluding hydrogens is 432 g/mol. The van der Waals surface area contributed by atoms with Gasteiger partial charge in [-0.25, -0.2) is 4.98 Å². The van der Waals surface area contributed by atoms with Crippen LogP contribution in [0, 0.1) is 0 Å². The van der Waals surface area contributed by atoms with Gasteiger partial charge in [-0.1, -0.05) is 68.4 Å². The molecule has 6 heteroatoms. The van der Waals surface area contributed by atoms with Crippen molar-refractivity contribution in [3.8, 4) is 22.8 Å². The summed E-state index contributed by atoms with van der Waals surface area (Å²) in [7, 11) is 1.63. The van der Waals surface area contributed by atoms with Gasteiger partial charge in [0.1, 0.15) is 11.5 Å². The van der Waals surface area contributed by atoms with Crippen molar-refractivity contribution in [1.29, 1.82) is 0 Å². The van der Waals surface area contributed by atoms with E-state index in [4.69, 9.17) is 9.47 Å². The van der Waals surface area contributed by atoms with Gasteiger partial charge in [-0.3, -0.25) is 10.1 Å². The Hall–Kier alpha value is -3.64. The second-order valence-corrected chi connectivity index (χ2v) is 8.95. The van der Waals surface area contributed by atoms with Gasteiger partial charge in [-0.05, 0) is 35.4 Å². The number of thiazole rings is 1. The summed E-state index contributed by atoms with van der Waals surface area (Å²) in [4.78, 5) is 16.9. The number of ether oxygens (including phenoxy) is 2. The third kappa shape index (κ3) is 5.23. The van der Waals surface area contributed by atoms with E-state index in [9.17, 15) is 4.79 Å². The Balaban J connectivity index is 1.35. The van der Waals surface area contributed by atoms with Crippen LogP contribution < -0.4 is 14.8 Å². The molecule has 4 aromatic rings. The predicted molar refractivity (Wildman–Crippen MR) is 133 cm³/mol. The molecule has 0 aliphatic rings. The zero-order valence-corrected chi connectivity index (χ0v) is 19.7. The smallest absolute Gasteiger partial charge is 0.264 e. The van der Waals surface area contributed by atoms with E-state index >= 15 is 0 Å². The van der Waals surface area contributed by atoms with E-state index in [0.29, 0.717) is 10.9 Å². The Morgan fingerprint density at radius 2 is 1.61 bits per heavy atom. The molecule has 1 N–H and O–H groups in total. The molecule has 1 heterocycles. The number of nitrogens with one attached hydrogen (secondary N) is 1. The van der Waals surface area contributed by atoms with Crippen molar-refractivity contribution in [2.45, 2.75) is 19.3 Å². The number of rotatable bonds is 8. The molecule has 0 bridgehead atoms. The summed E-state index contributed by atoms with van der Waals surface area (Å²) in [6.07, 6.45) is 0. The van der Waals surface area contributed by atoms with Crippen molar-refractivity contribution < 1.29 is 14.3 Å². The zero-order chi connectivity index (χ0) is 23.3. The first kappa shape index (κ1) is 22.6. The monoisotopic (exact) mass is 458 g/mol. The Labute approximate surface area is 198 Å². The summed E-state index contributed by atoms with van der Waals surface area (Å²) in [6.45, 7) is 4.29. The fraction of sp³-hybridized carbons (Fsp3) is 0.185. The molecule has 0 aliphatic carbocycles. The summed E-state index contributed by atoms with van der Waals surface area (Å²) >= 11 is 1.36. The van der Waals surface area contributed by atoms with E-state index in [2.05, 4.69) is 48.4 Å². The Morgan fingerprint density at radius 1 is 0.939 bits per heavy atom. The van der Waals surface area contributed by atoms with Gasteiger partial charge in [-0.2, -0.15) is 0 Å². The SMILES string of the molecule is COc1ccccc1-c1csc(NC(=O)COc2ccc(C(C)(C)c3ccccc3)cc2)n1. The van der Waals surface area contributed by atoms with Crippen molar-refractivity contribution >= 4 is 22.4 Å². The summed E-state index contributed by atoms with van der Waals surface area (Å²) in [5.74, 6) is 1.12. The third-order valence-electron chi connectivity index (χ3n) is 5.57. The number of hydrogen-bond donors (Lipinski definition) is 1. The molecule has 4 rings (SSSR count). The number of para-hydroxylation sites is 1. The first-order valence-electron chi connectivity index (χ1n) is 10.6. The Morgan fingerprint density at radius 3 is 2.33 bits per heavy atom. The van der Waals surface area contributed by atoms with E-state index < -0.39 is 0 Å². The summed E-state index contributed by atoms with van der Waals surface area (Å²) in [5.41, 5.74) is 3.93. The van der Waals surface area contributed by atoms with E-state index in [1.807, 2.05) is 60.0 Å². The number of carbonyl (C=O) groups excluding carboxylic acids is 1. The lowest BCUT2D eigenvalue weighted by atomic mass is 9.78. The van der Waals surface area contributed by atoms with Gasteiger partial charge >= 0.3 is 0 Å². The third-order valence-corrected chi connectivity index (χ3v) is 6.33. The molecule has 0 spiro atoms. The van der Waals surface area contributed by atoms with Crippen LogP contribution in [-0.2, 0) is 10.2 Å². The number of carbonyl (C=O) groups is 1. The number of hydrogen-bond acceptors (Lipinski definition) is 5. The topological polar surface area (TPSA) is 60.5 Å². The number of anilines is 1. The molecule has 0 radical (unpaired) electrons. The van der Waals surface area contributed by atoms with Crippen LogP contribution in [0.2, 0.25) is 0 Å². The quantitative estimate of drug-likeness (QED) is 0.343. The maximum absolute atomic E-state index is 12.4. The maximum atomic E-state index is 12.4. The second-order valence-electron chi connectivity index (χ2n) is 8.09. The minimum absolute atomic E-state index is 0.0923. The second kappa shape index (κ2) is 9.88. The van der Waals surface area contributed by atoms with Crippen LogP contribution in [0.15, 0.2) is 84.2 Å². The average Bonchev–Trinajstić information content (AvgIpc) is 3.31. The normalized spacial score (nSPS) is 11.1. The minimum Gasteiger partial charge on any atom is -0.496 e. The van der Waals surface area contributed by atoms with Crippen LogP contribution in [-0.4, -0.2) is 24.6 Å².